The molecule has 2 rings (SSSR count). The van der Waals surface area contributed by atoms with Gasteiger partial charge in [-0.2, -0.15) is 0 Å². The molecular formula is C12H14N2O3. The molecule has 0 radical (unpaired) electrons. The number of nitrogens with zero attached hydrogens (tertiary/aromatic N) is 1. The normalized spacial score (nSPS) is 14.0. The van der Waals surface area contributed by atoms with E-state index in [4.69, 9.17) is 5.11 Å². The van der Waals surface area contributed by atoms with Gasteiger partial charge in [0.2, 0.25) is 0 Å². The average molecular weight is 234 g/mol. The van der Waals surface area contributed by atoms with Crippen molar-refractivity contribution in [3.05, 3.63) is 29.8 Å². The van der Waals surface area contributed by atoms with Crippen molar-refractivity contribution in [2.75, 3.05) is 18.0 Å². The molecule has 1 heterocycles. The van der Waals surface area contributed by atoms with E-state index < -0.39 is 5.97 Å². The number of nitrogens with one attached hydrogen (secondary N) is 1. The second-order valence-electron chi connectivity index (χ2n) is 3.94. The van der Waals surface area contributed by atoms with Crippen LogP contribution in [0, 0.1) is 0 Å². The van der Waals surface area contributed by atoms with Crippen LogP contribution in [0.1, 0.15) is 12.0 Å². The van der Waals surface area contributed by atoms with Gasteiger partial charge in [0.15, 0.2) is 0 Å². The number of hydrogen-bond acceptors (Lipinski definition) is 2. The summed E-state index contributed by atoms with van der Waals surface area (Å²) >= 11 is 0. The third-order valence-corrected chi connectivity index (χ3v) is 2.75. The second kappa shape index (κ2) is 4.86. The number of fused-ring (bicyclic) bond motifs is 1. The quantitative estimate of drug-likeness (QED) is 0.808. The summed E-state index contributed by atoms with van der Waals surface area (Å²) in [5.41, 5.74) is 2.01. The first-order valence-electron chi connectivity index (χ1n) is 5.53. The van der Waals surface area contributed by atoms with E-state index in [9.17, 15) is 9.59 Å². The highest BCUT2D eigenvalue weighted by Crippen LogP contribution is 2.26. The van der Waals surface area contributed by atoms with Gasteiger partial charge in [-0.05, 0) is 24.5 Å². The molecule has 1 aromatic carbocycles. The first-order chi connectivity index (χ1) is 8.18. The Morgan fingerprint density at radius 1 is 1.35 bits per heavy atom. The molecule has 1 aromatic rings. The summed E-state index contributed by atoms with van der Waals surface area (Å²) < 4.78 is 0. The van der Waals surface area contributed by atoms with Gasteiger partial charge < -0.3 is 10.4 Å². The first kappa shape index (κ1) is 11.4. The standard InChI is InChI=1S/C12H14N2O3/c15-11(16)8-13-12(17)14-7-3-5-9-4-1-2-6-10(9)14/h1-2,4,6H,3,5,7-8H2,(H,13,17)(H,15,16). The Bertz CT molecular complexity index is 445. The van der Waals surface area contributed by atoms with Gasteiger partial charge in [0, 0.05) is 12.2 Å². The van der Waals surface area contributed by atoms with Gasteiger partial charge >= 0.3 is 12.0 Å². The lowest BCUT2D eigenvalue weighted by atomic mass is 10.0. The third-order valence-electron chi connectivity index (χ3n) is 2.75. The molecule has 1 aliphatic heterocycles. The van der Waals surface area contributed by atoms with Gasteiger partial charge in [0.25, 0.3) is 0 Å². The number of carboxylic acid groups (broad SMARTS) is 1. The Labute approximate surface area is 99.0 Å². The van der Waals surface area contributed by atoms with Gasteiger partial charge in [-0.15, -0.1) is 0 Å². The molecule has 1 aliphatic rings. The molecule has 5 heteroatoms. The molecule has 0 atom stereocenters. The number of urea groups is 1. The van der Waals surface area contributed by atoms with Crippen LogP contribution < -0.4 is 10.2 Å². The van der Waals surface area contributed by atoms with Crippen LogP contribution in [0.4, 0.5) is 10.5 Å². The molecule has 0 aliphatic carbocycles. The van der Waals surface area contributed by atoms with E-state index in [1.54, 1.807) is 4.90 Å². The van der Waals surface area contributed by atoms with Crippen LogP contribution in [-0.2, 0) is 11.2 Å². The van der Waals surface area contributed by atoms with Gasteiger partial charge in [0.05, 0.1) is 0 Å². The van der Waals surface area contributed by atoms with Crippen LogP contribution in [0.2, 0.25) is 0 Å². The Hall–Kier alpha value is -2.04. The van der Waals surface area contributed by atoms with E-state index in [2.05, 4.69) is 5.32 Å². The Kier molecular flexibility index (Phi) is 3.27. The molecular weight excluding hydrogens is 220 g/mol. The summed E-state index contributed by atoms with van der Waals surface area (Å²) in [6.07, 6.45) is 1.86. The van der Waals surface area contributed by atoms with E-state index >= 15 is 0 Å². The van der Waals surface area contributed by atoms with Gasteiger partial charge in [0.1, 0.15) is 6.54 Å². The minimum atomic E-state index is -1.04. The summed E-state index contributed by atoms with van der Waals surface area (Å²) in [6, 6.07) is 7.35. The van der Waals surface area contributed by atoms with Crippen LogP contribution in [0.5, 0.6) is 0 Å². The molecule has 5 nitrogen and oxygen atoms in total. The van der Waals surface area contributed by atoms with Gasteiger partial charge in [-0.25, -0.2) is 4.79 Å². The Balaban J connectivity index is 2.12. The van der Waals surface area contributed by atoms with E-state index in [-0.39, 0.29) is 12.6 Å². The highest BCUT2D eigenvalue weighted by atomic mass is 16.4. The highest BCUT2D eigenvalue weighted by molar-refractivity contribution is 5.94. The van der Waals surface area contributed by atoms with Crippen molar-refractivity contribution in [1.82, 2.24) is 5.32 Å². The smallest absolute Gasteiger partial charge is 0.323 e. The largest absolute Gasteiger partial charge is 0.480 e. The number of rotatable bonds is 2. The molecule has 0 spiro atoms. The summed E-state index contributed by atoms with van der Waals surface area (Å²) in [7, 11) is 0. The number of aliphatic carboxylic acids is 1. The fourth-order valence-electron chi connectivity index (χ4n) is 1.99. The molecule has 0 saturated heterocycles. The molecule has 2 amide bonds. The molecule has 0 saturated carbocycles. The maximum atomic E-state index is 11.8. The van der Waals surface area contributed by atoms with Crippen molar-refractivity contribution >= 4 is 17.7 Å². The minimum absolute atomic E-state index is 0.348. The van der Waals surface area contributed by atoms with Crippen LogP contribution in [0.3, 0.4) is 0 Å². The van der Waals surface area contributed by atoms with E-state index in [1.807, 2.05) is 24.3 Å². The maximum Gasteiger partial charge on any atom is 0.323 e. The SMILES string of the molecule is O=C(O)CNC(=O)N1CCCc2ccccc21. The number of amides is 2. The predicted molar refractivity (Wildman–Crippen MR) is 63.1 cm³/mol. The minimum Gasteiger partial charge on any atom is -0.480 e. The van der Waals surface area contributed by atoms with Crippen LogP contribution in [0.15, 0.2) is 24.3 Å². The van der Waals surface area contributed by atoms with Crippen molar-refractivity contribution in [3.8, 4) is 0 Å². The van der Waals surface area contributed by atoms with Crippen LogP contribution >= 0.6 is 0 Å². The fourth-order valence-corrected chi connectivity index (χ4v) is 1.99. The number of carboxylic acids is 1. The maximum absolute atomic E-state index is 11.8. The summed E-state index contributed by atoms with van der Waals surface area (Å²) in [5.74, 6) is -1.04. The molecule has 0 bridgehead atoms. The molecule has 0 fully saturated rings. The lowest BCUT2D eigenvalue weighted by molar-refractivity contribution is -0.135. The lowest BCUT2D eigenvalue weighted by Crippen LogP contribution is -2.44. The topological polar surface area (TPSA) is 69.6 Å². The zero-order chi connectivity index (χ0) is 12.3. The molecule has 0 aromatic heterocycles. The molecule has 0 unspecified atom stereocenters. The fraction of sp³-hybridized carbons (Fsp3) is 0.333. The predicted octanol–water partition coefficient (Wildman–Crippen LogP) is 1.23. The number of carbonyl (C=O) groups is 2. The summed E-state index contributed by atoms with van der Waals surface area (Å²) in [5, 5.41) is 10.9. The van der Waals surface area contributed by atoms with Gasteiger partial charge in [-0.3, -0.25) is 9.69 Å². The highest BCUT2D eigenvalue weighted by Gasteiger charge is 2.21. The van der Waals surface area contributed by atoms with Crippen molar-refractivity contribution in [3.63, 3.8) is 0 Å². The average Bonchev–Trinajstić information content (AvgIpc) is 2.35. The molecule has 2 N–H and O–H groups in total. The zero-order valence-electron chi connectivity index (χ0n) is 9.35. The number of aryl methyl sites for hydroxylation is 1. The number of anilines is 1. The molecule has 90 valence electrons. The number of carbonyl (C=O) groups excluding carboxylic acids is 1. The van der Waals surface area contributed by atoms with Crippen LogP contribution in [-0.4, -0.2) is 30.2 Å². The Morgan fingerprint density at radius 2 is 2.12 bits per heavy atom. The first-order valence-corrected chi connectivity index (χ1v) is 5.53. The number of para-hydroxylation sites is 1. The lowest BCUT2D eigenvalue weighted by Gasteiger charge is -2.29. The van der Waals surface area contributed by atoms with Crippen molar-refractivity contribution in [2.24, 2.45) is 0 Å². The van der Waals surface area contributed by atoms with Crippen molar-refractivity contribution in [1.29, 1.82) is 0 Å². The monoisotopic (exact) mass is 234 g/mol. The zero-order valence-corrected chi connectivity index (χ0v) is 9.35. The van der Waals surface area contributed by atoms with Crippen LogP contribution in [0.25, 0.3) is 0 Å². The van der Waals surface area contributed by atoms with Crippen molar-refractivity contribution < 1.29 is 14.7 Å². The third kappa shape index (κ3) is 2.55. The number of hydrogen-bond donors (Lipinski definition) is 2. The van der Waals surface area contributed by atoms with Crippen molar-refractivity contribution in [2.45, 2.75) is 12.8 Å². The van der Waals surface area contributed by atoms with E-state index in [0.717, 1.165) is 24.1 Å². The van der Waals surface area contributed by atoms with Gasteiger partial charge in [-0.1, -0.05) is 18.2 Å². The summed E-state index contributed by atoms with van der Waals surface area (Å²) in [4.78, 5) is 23.8. The number of benzene rings is 1. The Morgan fingerprint density at radius 3 is 2.88 bits per heavy atom. The van der Waals surface area contributed by atoms with E-state index in [0.29, 0.717) is 6.54 Å². The second-order valence-corrected chi connectivity index (χ2v) is 3.94. The molecule has 17 heavy (non-hydrogen) atoms. The van der Waals surface area contributed by atoms with E-state index in [1.165, 1.54) is 0 Å². The summed E-state index contributed by atoms with van der Waals surface area (Å²) in [6.45, 7) is 0.278.